The maximum absolute atomic E-state index is 2.32. The van der Waals surface area contributed by atoms with Gasteiger partial charge in [0.15, 0.2) is 0 Å². The molecular weight excluding hydrogens is 697 g/mol. The Morgan fingerprint density at radius 2 is 0.534 bits per heavy atom. The van der Waals surface area contributed by atoms with Crippen molar-refractivity contribution in [3.63, 3.8) is 0 Å². The molecule has 0 nitrogen and oxygen atoms in total. The van der Waals surface area contributed by atoms with Crippen LogP contribution in [0.4, 0.5) is 0 Å². The van der Waals surface area contributed by atoms with E-state index in [1.807, 2.05) is 0 Å². The summed E-state index contributed by atoms with van der Waals surface area (Å²) in [6, 6.07) is 79.0. The molecule has 0 heterocycles. The van der Waals surface area contributed by atoms with Crippen LogP contribution in [0.25, 0.3) is 78.5 Å². The normalized spacial score (nSPS) is 12.3. The topological polar surface area (TPSA) is 0 Å². The minimum absolute atomic E-state index is 1.18. The highest BCUT2D eigenvalue weighted by Gasteiger charge is 2.09. The van der Waals surface area contributed by atoms with E-state index in [1.165, 1.54) is 98.7 Å². The van der Waals surface area contributed by atoms with Gasteiger partial charge in [-0.2, -0.15) is 0 Å². The van der Waals surface area contributed by atoms with Crippen LogP contribution in [0.5, 0.6) is 0 Å². The van der Waals surface area contributed by atoms with Crippen molar-refractivity contribution in [2.75, 3.05) is 0 Å². The van der Waals surface area contributed by atoms with E-state index in [4.69, 9.17) is 0 Å². The number of benzene rings is 10. The predicted octanol–water partition coefficient (Wildman–Crippen LogP) is 15.6. The van der Waals surface area contributed by atoms with E-state index in [0.29, 0.717) is 0 Å². The fourth-order valence-corrected chi connectivity index (χ4v) is 8.09. The number of hydrogen-bond donors (Lipinski definition) is 0. The summed E-state index contributed by atoms with van der Waals surface area (Å²) in [4.78, 5) is 0. The highest BCUT2D eigenvalue weighted by atomic mass is 14.1. The van der Waals surface area contributed by atoms with Crippen LogP contribution in [0, 0.1) is 0 Å². The number of rotatable bonds is 8. The fraction of sp³-hybridized carbons (Fsp3) is 0. The molecule has 0 N–H and O–H groups in total. The first-order valence-electron chi connectivity index (χ1n) is 20.0. The molecule has 0 aliphatic rings. The molecule has 0 radical (unpaired) electrons. The Hall–Kier alpha value is -7.54. The highest BCUT2D eigenvalue weighted by Crippen LogP contribution is 2.32. The fourth-order valence-electron chi connectivity index (χ4n) is 8.09. The lowest BCUT2D eigenvalue weighted by Crippen LogP contribution is -1.89. The van der Waals surface area contributed by atoms with Crippen molar-refractivity contribution in [3.05, 3.63) is 263 Å². The Morgan fingerprint density at radius 3 is 0.948 bits per heavy atom. The lowest BCUT2D eigenvalue weighted by atomic mass is 9.93. The summed E-state index contributed by atoms with van der Waals surface area (Å²) in [6.45, 7) is 0. The molecule has 0 bridgehead atoms. The molecule has 0 fully saturated rings. The van der Waals surface area contributed by atoms with Gasteiger partial charge in [0.1, 0.15) is 0 Å². The Labute approximate surface area is 340 Å². The summed E-state index contributed by atoms with van der Waals surface area (Å²) < 4.78 is 0. The van der Waals surface area contributed by atoms with E-state index in [1.54, 1.807) is 0 Å². The van der Waals surface area contributed by atoms with E-state index in [-0.39, 0.29) is 0 Å². The predicted molar refractivity (Wildman–Crippen MR) is 252 cm³/mol. The van der Waals surface area contributed by atoms with Crippen LogP contribution in [0.3, 0.4) is 0 Å². The molecule has 10 aromatic rings. The second kappa shape index (κ2) is 15.5. The molecule has 0 atom stereocenters. The van der Waals surface area contributed by atoms with Gasteiger partial charge in [-0.25, -0.2) is 0 Å². The van der Waals surface area contributed by atoms with Crippen LogP contribution >= 0.6 is 0 Å². The zero-order chi connectivity index (χ0) is 38.7. The highest BCUT2D eigenvalue weighted by molar-refractivity contribution is 5.99. The number of fused-ring (bicyclic) bond motifs is 4. The van der Waals surface area contributed by atoms with Crippen LogP contribution in [0.2, 0.25) is 0 Å². The molecule has 0 saturated heterocycles. The van der Waals surface area contributed by atoms with E-state index < -0.39 is 0 Å². The SMILES string of the molecule is C(=C\c1ccc2cc(/C=C(\c3ccccc3)c3ccc4ccccc4c3)ccc2c1)/c1ccc2cc(/C=C(\c3ccccc3)c3ccc4ccccc4c3)ccc2c1. The lowest BCUT2D eigenvalue weighted by molar-refractivity contribution is 1.57. The first-order valence-corrected chi connectivity index (χ1v) is 20.0. The van der Waals surface area contributed by atoms with Crippen molar-refractivity contribution in [2.45, 2.75) is 0 Å². The van der Waals surface area contributed by atoms with Gasteiger partial charge in [-0.1, -0.05) is 194 Å². The average molecular weight is 737 g/mol. The van der Waals surface area contributed by atoms with Crippen molar-refractivity contribution < 1.29 is 0 Å². The molecule has 0 aliphatic heterocycles. The largest absolute Gasteiger partial charge is 0.0622 e. The maximum Gasteiger partial charge on any atom is -0.0105 e. The van der Waals surface area contributed by atoms with Gasteiger partial charge in [0, 0.05) is 0 Å². The molecular formula is C58H40. The van der Waals surface area contributed by atoms with Crippen LogP contribution in [-0.4, -0.2) is 0 Å². The second-order valence-electron chi connectivity index (χ2n) is 15.0. The van der Waals surface area contributed by atoms with Crippen molar-refractivity contribution >= 4 is 78.5 Å². The van der Waals surface area contributed by atoms with Crippen molar-refractivity contribution in [2.24, 2.45) is 0 Å². The third-order valence-corrected chi connectivity index (χ3v) is 11.2. The van der Waals surface area contributed by atoms with Gasteiger partial charge in [0.05, 0.1) is 0 Å². The minimum Gasteiger partial charge on any atom is -0.0622 e. The summed E-state index contributed by atoms with van der Waals surface area (Å²) in [7, 11) is 0. The Balaban J connectivity index is 0.909. The molecule has 58 heavy (non-hydrogen) atoms. The van der Waals surface area contributed by atoms with Gasteiger partial charge >= 0.3 is 0 Å². The van der Waals surface area contributed by atoms with E-state index in [2.05, 4.69) is 243 Å². The smallest absolute Gasteiger partial charge is 0.0105 e. The zero-order valence-electron chi connectivity index (χ0n) is 32.1. The molecule has 10 aromatic carbocycles. The summed E-state index contributed by atoms with van der Waals surface area (Å²) in [5.41, 5.74) is 12.0. The maximum atomic E-state index is 2.32. The Morgan fingerprint density at radius 1 is 0.224 bits per heavy atom. The van der Waals surface area contributed by atoms with Gasteiger partial charge in [-0.15, -0.1) is 0 Å². The third kappa shape index (κ3) is 7.40. The van der Waals surface area contributed by atoms with Gasteiger partial charge in [-0.3, -0.25) is 0 Å². The Bertz CT molecular complexity index is 2980. The lowest BCUT2D eigenvalue weighted by Gasteiger charge is -2.11. The molecule has 0 amide bonds. The van der Waals surface area contributed by atoms with E-state index >= 15 is 0 Å². The first kappa shape index (κ1) is 34.9. The summed E-state index contributed by atoms with van der Waals surface area (Å²) in [5, 5.41) is 9.90. The van der Waals surface area contributed by atoms with Crippen LogP contribution in [0.1, 0.15) is 44.5 Å². The molecule has 0 spiro atoms. The van der Waals surface area contributed by atoms with E-state index in [9.17, 15) is 0 Å². The second-order valence-corrected chi connectivity index (χ2v) is 15.0. The quantitative estimate of drug-likeness (QED) is 0.136. The van der Waals surface area contributed by atoms with E-state index in [0.717, 1.165) is 0 Å². The Kier molecular flexibility index (Phi) is 9.35. The van der Waals surface area contributed by atoms with Crippen molar-refractivity contribution in [3.8, 4) is 0 Å². The monoisotopic (exact) mass is 736 g/mol. The summed E-state index contributed by atoms with van der Waals surface area (Å²) in [5.74, 6) is 0. The molecule has 0 aromatic heterocycles. The van der Waals surface area contributed by atoms with Crippen LogP contribution in [0.15, 0.2) is 218 Å². The molecule has 0 unspecified atom stereocenters. The van der Waals surface area contributed by atoms with Gasteiger partial charge < -0.3 is 0 Å². The van der Waals surface area contributed by atoms with Crippen molar-refractivity contribution in [1.29, 1.82) is 0 Å². The van der Waals surface area contributed by atoms with Crippen molar-refractivity contribution in [1.82, 2.24) is 0 Å². The van der Waals surface area contributed by atoms with Gasteiger partial charge in [-0.05, 0) is 147 Å². The van der Waals surface area contributed by atoms with Gasteiger partial charge in [0.25, 0.3) is 0 Å². The molecule has 0 heteroatoms. The minimum atomic E-state index is 1.18. The molecule has 0 saturated carbocycles. The standard InChI is InChI=1S/C58H40/c1-3-13-47(14-4-1)57(55-31-29-45-11-7-9-17-49(45)39-55)37-43-23-27-51-33-41(21-25-53(51)35-43)19-20-42-22-26-54-36-44(24-28-52(54)34-42)38-58(48-15-5-2-6-16-48)56-32-30-46-12-8-10-18-50(46)40-56/h1-40H/b20-19+,57-37+,58-38+. The molecule has 10 rings (SSSR count). The third-order valence-electron chi connectivity index (χ3n) is 11.2. The summed E-state index contributed by atoms with van der Waals surface area (Å²) >= 11 is 0. The summed E-state index contributed by atoms with van der Waals surface area (Å²) in [6.07, 6.45) is 9.07. The molecule has 272 valence electrons. The van der Waals surface area contributed by atoms with Crippen LogP contribution < -0.4 is 0 Å². The number of hydrogen-bond acceptors (Lipinski definition) is 0. The zero-order valence-corrected chi connectivity index (χ0v) is 32.1. The van der Waals surface area contributed by atoms with Crippen LogP contribution in [-0.2, 0) is 0 Å². The molecule has 0 aliphatic carbocycles. The average Bonchev–Trinajstić information content (AvgIpc) is 3.29. The van der Waals surface area contributed by atoms with Gasteiger partial charge in [0.2, 0.25) is 0 Å². The first-order chi connectivity index (χ1) is 28.7.